The van der Waals surface area contributed by atoms with E-state index in [4.69, 9.17) is 5.73 Å². The Bertz CT molecular complexity index is 331. The predicted octanol–water partition coefficient (Wildman–Crippen LogP) is 2.12. The molecule has 0 aliphatic heterocycles. The molecule has 0 fully saturated rings. The largest absolute Gasteiger partial charge is 0.465 e. The Kier molecular flexibility index (Phi) is 5.76. The van der Waals surface area contributed by atoms with Crippen molar-refractivity contribution in [1.82, 2.24) is 0 Å². The highest BCUT2D eigenvalue weighted by Gasteiger charge is 2.13. The van der Waals surface area contributed by atoms with Gasteiger partial charge in [0.05, 0.1) is 12.7 Å². The summed E-state index contributed by atoms with van der Waals surface area (Å²) in [5.74, 6) is -0.368. The highest BCUT2D eigenvalue weighted by atomic mass is 79.9. The van der Waals surface area contributed by atoms with Gasteiger partial charge >= 0.3 is 5.97 Å². The van der Waals surface area contributed by atoms with Gasteiger partial charge in [0, 0.05) is 11.0 Å². The normalized spacial score (nSPS) is 9.07. The Hall–Kier alpha value is -0.580. The summed E-state index contributed by atoms with van der Waals surface area (Å²) in [5, 5.41) is 0. The Balaban J connectivity index is 0.00000169. The van der Waals surface area contributed by atoms with Gasteiger partial charge < -0.3 is 10.5 Å². The first-order chi connectivity index (χ1) is 6.20. The minimum absolute atomic E-state index is 0. The molecule has 0 amide bonds. The lowest BCUT2D eigenvalue weighted by Crippen LogP contribution is -2.09. The molecule has 0 atom stereocenters. The molecule has 0 aliphatic rings. The second-order valence-electron chi connectivity index (χ2n) is 2.47. The van der Waals surface area contributed by atoms with Crippen LogP contribution in [0.1, 0.15) is 15.9 Å². The van der Waals surface area contributed by atoms with Crippen LogP contribution >= 0.6 is 28.3 Å². The molecule has 0 heterocycles. The van der Waals surface area contributed by atoms with Gasteiger partial charge in [-0.15, -0.1) is 12.4 Å². The molecule has 1 aromatic carbocycles. The zero-order valence-electron chi connectivity index (χ0n) is 7.62. The molecule has 0 unspecified atom stereocenters. The third-order valence-electron chi connectivity index (χ3n) is 1.71. The third-order valence-corrected chi connectivity index (χ3v) is 2.37. The van der Waals surface area contributed by atoms with Crippen LogP contribution in [0.15, 0.2) is 22.7 Å². The van der Waals surface area contributed by atoms with Crippen LogP contribution in [0.25, 0.3) is 0 Å². The number of methoxy groups -OCH3 is 1. The van der Waals surface area contributed by atoms with Crippen LogP contribution in [-0.2, 0) is 11.3 Å². The molecule has 0 saturated heterocycles. The van der Waals surface area contributed by atoms with E-state index in [1.807, 2.05) is 6.07 Å². The monoisotopic (exact) mass is 279 g/mol. The van der Waals surface area contributed by atoms with E-state index in [9.17, 15) is 4.79 Å². The van der Waals surface area contributed by atoms with Crippen LogP contribution < -0.4 is 5.73 Å². The van der Waals surface area contributed by atoms with E-state index in [0.717, 1.165) is 5.56 Å². The first kappa shape index (κ1) is 13.4. The first-order valence-corrected chi connectivity index (χ1v) is 4.55. The van der Waals surface area contributed by atoms with Crippen LogP contribution in [0.5, 0.6) is 0 Å². The van der Waals surface area contributed by atoms with Gasteiger partial charge in [0.25, 0.3) is 0 Å². The maximum absolute atomic E-state index is 11.3. The smallest absolute Gasteiger partial charge is 0.339 e. The molecule has 5 heteroatoms. The van der Waals surface area contributed by atoms with E-state index < -0.39 is 0 Å². The van der Waals surface area contributed by atoms with Crippen molar-refractivity contribution in [3.05, 3.63) is 33.8 Å². The number of benzene rings is 1. The van der Waals surface area contributed by atoms with Crippen molar-refractivity contribution in [3.8, 4) is 0 Å². The molecule has 1 rings (SSSR count). The van der Waals surface area contributed by atoms with E-state index in [1.54, 1.807) is 12.1 Å². The second kappa shape index (κ2) is 6.01. The van der Waals surface area contributed by atoms with Crippen molar-refractivity contribution < 1.29 is 9.53 Å². The summed E-state index contributed by atoms with van der Waals surface area (Å²) >= 11 is 3.27. The Labute approximate surface area is 97.2 Å². The average Bonchev–Trinajstić information content (AvgIpc) is 2.16. The van der Waals surface area contributed by atoms with Crippen LogP contribution in [0.2, 0.25) is 0 Å². The molecule has 78 valence electrons. The highest BCUT2D eigenvalue weighted by Crippen LogP contribution is 2.21. The fourth-order valence-corrected chi connectivity index (χ4v) is 1.64. The fraction of sp³-hybridized carbons (Fsp3) is 0.222. The summed E-state index contributed by atoms with van der Waals surface area (Å²) in [4.78, 5) is 11.3. The topological polar surface area (TPSA) is 52.3 Å². The van der Waals surface area contributed by atoms with E-state index in [-0.39, 0.29) is 18.4 Å². The standard InChI is InChI=1S/C9H10BrNO2.ClH/c1-13-9(12)8-6(5-11)3-2-4-7(8)10;/h2-4H,5,11H2,1H3;1H. The molecule has 1 aromatic rings. The Morgan fingerprint density at radius 2 is 2.21 bits per heavy atom. The van der Waals surface area contributed by atoms with Crippen LogP contribution in [0.3, 0.4) is 0 Å². The first-order valence-electron chi connectivity index (χ1n) is 3.76. The Morgan fingerprint density at radius 1 is 1.57 bits per heavy atom. The van der Waals surface area contributed by atoms with Crippen molar-refractivity contribution in [1.29, 1.82) is 0 Å². The molecule has 0 aromatic heterocycles. The average molecular weight is 281 g/mol. The number of halogens is 2. The molecule has 14 heavy (non-hydrogen) atoms. The molecule has 3 nitrogen and oxygen atoms in total. The zero-order valence-corrected chi connectivity index (χ0v) is 10.0. The van der Waals surface area contributed by atoms with Gasteiger partial charge in [-0.25, -0.2) is 4.79 Å². The van der Waals surface area contributed by atoms with Crippen molar-refractivity contribution in [2.24, 2.45) is 5.73 Å². The van der Waals surface area contributed by atoms with Crippen LogP contribution in [-0.4, -0.2) is 13.1 Å². The van der Waals surface area contributed by atoms with E-state index in [1.165, 1.54) is 7.11 Å². The van der Waals surface area contributed by atoms with Gasteiger partial charge in [-0.3, -0.25) is 0 Å². The number of hydrogen-bond donors (Lipinski definition) is 1. The van der Waals surface area contributed by atoms with E-state index in [2.05, 4.69) is 20.7 Å². The van der Waals surface area contributed by atoms with Gasteiger partial charge in [0.1, 0.15) is 0 Å². The van der Waals surface area contributed by atoms with Crippen molar-refractivity contribution in [2.45, 2.75) is 6.54 Å². The molecule has 0 bridgehead atoms. The van der Waals surface area contributed by atoms with Gasteiger partial charge in [-0.05, 0) is 27.6 Å². The highest BCUT2D eigenvalue weighted by molar-refractivity contribution is 9.10. The molecule has 2 N–H and O–H groups in total. The lowest BCUT2D eigenvalue weighted by atomic mass is 10.1. The number of rotatable bonds is 2. The molecular weight excluding hydrogens is 269 g/mol. The molecule has 0 saturated carbocycles. The van der Waals surface area contributed by atoms with Crippen LogP contribution in [0, 0.1) is 0 Å². The fourth-order valence-electron chi connectivity index (χ4n) is 1.07. The minimum atomic E-state index is -0.368. The quantitative estimate of drug-likeness (QED) is 0.844. The second-order valence-corrected chi connectivity index (χ2v) is 3.32. The molecule has 0 spiro atoms. The third kappa shape index (κ3) is 2.70. The summed E-state index contributed by atoms with van der Waals surface area (Å²) in [6, 6.07) is 5.42. The Morgan fingerprint density at radius 3 is 2.71 bits per heavy atom. The summed E-state index contributed by atoms with van der Waals surface area (Å²) in [6.45, 7) is 0.323. The SMILES string of the molecule is COC(=O)c1c(Br)cccc1CN.Cl. The van der Waals surface area contributed by atoms with Crippen molar-refractivity contribution >= 4 is 34.3 Å². The van der Waals surface area contributed by atoms with Gasteiger partial charge in [0.2, 0.25) is 0 Å². The summed E-state index contributed by atoms with van der Waals surface area (Å²) < 4.78 is 5.35. The number of hydrogen-bond acceptors (Lipinski definition) is 3. The van der Waals surface area contributed by atoms with Gasteiger partial charge in [0.15, 0.2) is 0 Å². The van der Waals surface area contributed by atoms with Crippen molar-refractivity contribution in [2.75, 3.05) is 7.11 Å². The number of carbonyl (C=O) groups excluding carboxylic acids is 1. The molecule has 0 radical (unpaired) electrons. The summed E-state index contributed by atoms with van der Waals surface area (Å²) in [7, 11) is 1.35. The van der Waals surface area contributed by atoms with E-state index >= 15 is 0 Å². The molecule has 0 aliphatic carbocycles. The zero-order chi connectivity index (χ0) is 9.84. The number of nitrogens with two attached hydrogens (primary N) is 1. The maximum atomic E-state index is 11.3. The van der Waals surface area contributed by atoms with Gasteiger partial charge in [-0.1, -0.05) is 12.1 Å². The lowest BCUT2D eigenvalue weighted by molar-refractivity contribution is 0.0598. The van der Waals surface area contributed by atoms with Crippen molar-refractivity contribution in [3.63, 3.8) is 0 Å². The maximum Gasteiger partial charge on any atom is 0.339 e. The summed E-state index contributed by atoms with van der Waals surface area (Å²) in [6.07, 6.45) is 0. The molecular formula is C9H11BrClNO2. The van der Waals surface area contributed by atoms with Crippen LogP contribution in [0.4, 0.5) is 0 Å². The predicted molar refractivity (Wildman–Crippen MR) is 60.6 cm³/mol. The minimum Gasteiger partial charge on any atom is -0.465 e. The summed E-state index contributed by atoms with van der Waals surface area (Å²) in [5.41, 5.74) is 6.77. The number of ether oxygens (including phenoxy) is 1. The number of carbonyl (C=O) groups is 1. The van der Waals surface area contributed by atoms with E-state index in [0.29, 0.717) is 16.6 Å². The lowest BCUT2D eigenvalue weighted by Gasteiger charge is -2.07. The number of esters is 1. The van der Waals surface area contributed by atoms with Gasteiger partial charge in [-0.2, -0.15) is 0 Å².